The van der Waals surface area contributed by atoms with Gasteiger partial charge in [0.15, 0.2) is 0 Å². The highest BCUT2D eigenvalue weighted by Gasteiger charge is 2.18. The number of nitrogens with two attached hydrogens (primary N) is 1. The van der Waals surface area contributed by atoms with Crippen LogP contribution in [0.5, 0.6) is 0 Å². The third-order valence-corrected chi connectivity index (χ3v) is 3.03. The molecule has 17 heavy (non-hydrogen) atoms. The van der Waals surface area contributed by atoms with E-state index in [-0.39, 0.29) is 18.3 Å². The van der Waals surface area contributed by atoms with Gasteiger partial charge in [0.05, 0.1) is 0 Å². The molecule has 1 rings (SSSR count). The molecule has 0 saturated heterocycles. The van der Waals surface area contributed by atoms with Gasteiger partial charge in [-0.1, -0.05) is 13.3 Å². The summed E-state index contributed by atoms with van der Waals surface area (Å²) in [6.45, 7) is 4.15. The van der Waals surface area contributed by atoms with Gasteiger partial charge in [-0.25, -0.2) is 8.78 Å². The summed E-state index contributed by atoms with van der Waals surface area (Å²) in [6.07, 6.45) is 1.88. The van der Waals surface area contributed by atoms with Gasteiger partial charge in [-0.2, -0.15) is 0 Å². The summed E-state index contributed by atoms with van der Waals surface area (Å²) in [5.41, 5.74) is 5.88. The fraction of sp³-hybridized carbons (Fsp3) is 0.538. The Morgan fingerprint density at radius 2 is 1.82 bits per heavy atom. The van der Waals surface area contributed by atoms with Crippen LogP contribution >= 0.6 is 0 Å². The van der Waals surface area contributed by atoms with Gasteiger partial charge in [-0.15, -0.1) is 0 Å². The topological polar surface area (TPSA) is 29.3 Å². The maximum atomic E-state index is 13.8. The van der Waals surface area contributed by atoms with Crippen LogP contribution in [0.4, 0.5) is 14.5 Å². The molecule has 0 bridgehead atoms. The lowest BCUT2D eigenvalue weighted by Crippen LogP contribution is -2.30. The summed E-state index contributed by atoms with van der Waals surface area (Å²) in [6, 6.07) is 2.70. The van der Waals surface area contributed by atoms with Crippen LogP contribution in [0.15, 0.2) is 12.1 Å². The van der Waals surface area contributed by atoms with Crippen molar-refractivity contribution in [1.82, 2.24) is 0 Å². The number of rotatable bonds is 5. The molecule has 0 saturated carbocycles. The lowest BCUT2D eigenvalue weighted by Gasteiger charge is -2.27. The van der Waals surface area contributed by atoms with Crippen molar-refractivity contribution in [3.8, 4) is 0 Å². The van der Waals surface area contributed by atoms with E-state index in [0.717, 1.165) is 12.8 Å². The van der Waals surface area contributed by atoms with Gasteiger partial charge < -0.3 is 10.6 Å². The fourth-order valence-electron chi connectivity index (χ4n) is 1.90. The minimum absolute atomic E-state index is 0.0307. The first kappa shape index (κ1) is 13.9. The van der Waals surface area contributed by atoms with E-state index in [4.69, 9.17) is 5.73 Å². The quantitative estimate of drug-likeness (QED) is 0.860. The van der Waals surface area contributed by atoms with E-state index in [9.17, 15) is 8.78 Å². The normalized spacial score (nSPS) is 12.6. The average Bonchev–Trinajstić information content (AvgIpc) is 2.28. The average molecular weight is 242 g/mol. The number of nitrogens with zero attached hydrogens (tertiary/aromatic N) is 1. The van der Waals surface area contributed by atoms with E-state index < -0.39 is 11.6 Å². The molecule has 0 radical (unpaired) electrons. The highest BCUT2D eigenvalue weighted by molar-refractivity contribution is 5.50. The molecule has 96 valence electrons. The maximum Gasteiger partial charge on any atom is 0.149 e. The van der Waals surface area contributed by atoms with E-state index in [2.05, 4.69) is 6.92 Å². The molecular weight excluding hydrogens is 222 g/mol. The van der Waals surface area contributed by atoms with E-state index in [1.807, 2.05) is 6.92 Å². The van der Waals surface area contributed by atoms with Crippen molar-refractivity contribution < 1.29 is 8.78 Å². The largest absolute Gasteiger partial charge is 0.367 e. The SMILES string of the molecule is CCCC(C)N(C)c1c(F)cc(CN)cc1F. The molecule has 0 aliphatic rings. The molecule has 0 heterocycles. The minimum Gasteiger partial charge on any atom is -0.367 e. The summed E-state index contributed by atoms with van der Waals surface area (Å²) in [4.78, 5) is 1.65. The predicted molar refractivity (Wildman–Crippen MR) is 67.0 cm³/mol. The van der Waals surface area contributed by atoms with Crippen molar-refractivity contribution in [3.05, 3.63) is 29.3 Å². The molecule has 0 aliphatic carbocycles. The predicted octanol–water partition coefficient (Wildman–Crippen LogP) is 3.05. The molecule has 0 fully saturated rings. The highest BCUT2D eigenvalue weighted by atomic mass is 19.1. The molecule has 0 spiro atoms. The Balaban J connectivity index is 3.05. The monoisotopic (exact) mass is 242 g/mol. The molecular formula is C13H20F2N2. The smallest absolute Gasteiger partial charge is 0.149 e. The number of halogens is 2. The van der Waals surface area contributed by atoms with E-state index in [1.165, 1.54) is 12.1 Å². The standard InChI is InChI=1S/C13H20F2N2/c1-4-5-9(2)17(3)13-11(14)6-10(8-16)7-12(13)15/h6-7,9H,4-5,8,16H2,1-3H3. The van der Waals surface area contributed by atoms with Gasteiger partial charge in [0, 0.05) is 19.6 Å². The minimum atomic E-state index is -0.545. The van der Waals surface area contributed by atoms with Crippen LogP contribution in [0.1, 0.15) is 32.3 Å². The third-order valence-electron chi connectivity index (χ3n) is 3.03. The Morgan fingerprint density at radius 1 is 1.29 bits per heavy atom. The highest BCUT2D eigenvalue weighted by Crippen LogP contribution is 2.26. The molecule has 0 amide bonds. The summed E-state index contributed by atoms with van der Waals surface area (Å²) in [5.74, 6) is -1.09. The molecule has 2 nitrogen and oxygen atoms in total. The molecule has 1 aromatic carbocycles. The van der Waals surface area contributed by atoms with Crippen molar-refractivity contribution in [2.75, 3.05) is 11.9 Å². The van der Waals surface area contributed by atoms with Gasteiger partial charge >= 0.3 is 0 Å². The Kier molecular flexibility index (Phi) is 4.87. The molecule has 1 aromatic rings. The van der Waals surface area contributed by atoms with Crippen LogP contribution in [0.3, 0.4) is 0 Å². The summed E-state index contributed by atoms with van der Waals surface area (Å²) >= 11 is 0. The van der Waals surface area contributed by atoms with E-state index in [0.29, 0.717) is 5.56 Å². The third kappa shape index (κ3) is 3.16. The first-order valence-electron chi connectivity index (χ1n) is 5.92. The summed E-state index contributed by atoms with van der Waals surface area (Å²) in [7, 11) is 1.71. The number of hydrogen-bond donors (Lipinski definition) is 1. The Labute approximate surface area is 101 Å². The van der Waals surface area contributed by atoms with E-state index >= 15 is 0 Å². The van der Waals surface area contributed by atoms with Crippen LogP contribution in [0.25, 0.3) is 0 Å². The number of anilines is 1. The Bertz CT molecular complexity index is 357. The van der Waals surface area contributed by atoms with Crippen LogP contribution in [-0.2, 0) is 6.54 Å². The van der Waals surface area contributed by atoms with Crippen LogP contribution < -0.4 is 10.6 Å². The molecule has 0 aromatic heterocycles. The zero-order valence-corrected chi connectivity index (χ0v) is 10.6. The lowest BCUT2D eigenvalue weighted by atomic mass is 10.1. The first-order valence-corrected chi connectivity index (χ1v) is 5.92. The lowest BCUT2D eigenvalue weighted by molar-refractivity contribution is 0.545. The zero-order valence-electron chi connectivity index (χ0n) is 10.6. The zero-order chi connectivity index (χ0) is 13.0. The molecule has 1 unspecified atom stereocenters. The molecule has 2 N–H and O–H groups in total. The molecule has 1 atom stereocenters. The molecule has 4 heteroatoms. The maximum absolute atomic E-state index is 13.8. The second kappa shape index (κ2) is 5.96. The van der Waals surface area contributed by atoms with Gasteiger partial charge in [0.2, 0.25) is 0 Å². The van der Waals surface area contributed by atoms with Crippen molar-refractivity contribution >= 4 is 5.69 Å². The Morgan fingerprint density at radius 3 is 2.24 bits per heavy atom. The second-order valence-electron chi connectivity index (χ2n) is 4.36. The van der Waals surface area contributed by atoms with Crippen molar-refractivity contribution in [3.63, 3.8) is 0 Å². The van der Waals surface area contributed by atoms with Gasteiger partial charge in [0.25, 0.3) is 0 Å². The fourth-order valence-corrected chi connectivity index (χ4v) is 1.90. The van der Waals surface area contributed by atoms with Crippen LogP contribution in [0, 0.1) is 11.6 Å². The van der Waals surface area contributed by atoms with Crippen molar-refractivity contribution in [1.29, 1.82) is 0 Å². The Hall–Kier alpha value is -1.16. The van der Waals surface area contributed by atoms with Crippen LogP contribution in [0.2, 0.25) is 0 Å². The van der Waals surface area contributed by atoms with Gasteiger partial charge in [-0.3, -0.25) is 0 Å². The summed E-state index contributed by atoms with van der Waals surface area (Å²) < 4.78 is 27.6. The second-order valence-corrected chi connectivity index (χ2v) is 4.36. The number of benzene rings is 1. The first-order chi connectivity index (χ1) is 8.01. The van der Waals surface area contributed by atoms with Crippen molar-refractivity contribution in [2.45, 2.75) is 39.3 Å². The molecule has 0 aliphatic heterocycles. The van der Waals surface area contributed by atoms with Crippen LogP contribution in [-0.4, -0.2) is 13.1 Å². The number of hydrogen-bond acceptors (Lipinski definition) is 2. The van der Waals surface area contributed by atoms with Gasteiger partial charge in [0.1, 0.15) is 17.3 Å². The summed E-state index contributed by atoms with van der Waals surface area (Å²) in [5, 5.41) is 0. The van der Waals surface area contributed by atoms with E-state index in [1.54, 1.807) is 11.9 Å². The van der Waals surface area contributed by atoms with Crippen molar-refractivity contribution in [2.24, 2.45) is 5.73 Å². The van der Waals surface area contributed by atoms with Gasteiger partial charge in [-0.05, 0) is 31.0 Å².